The standard InChI is InChI=1S/C33H41F2N7O9/c1-3-50-33(49)40-15-13-39(14-16-40)31(47)24(10-11-29(44)45)36-30(46)25-18-28(42(37-25)21-8-9-22(34)23(35)17-21)51-19-27(43)41-12-4-5-26(41)32(48)38(2)20-6-7-20/h8-9,17-18,20,24,26H,3-7,10-16,19H2,1-2H3,(H,36,46)(H,44,45)/t24-,26-/m0/s1. The summed E-state index contributed by atoms with van der Waals surface area (Å²) < 4.78 is 39.8. The van der Waals surface area contributed by atoms with Crippen molar-refractivity contribution in [3.63, 3.8) is 0 Å². The molecule has 0 spiro atoms. The number of hydrogen-bond donors (Lipinski definition) is 2. The molecule has 3 heterocycles. The molecule has 5 rings (SSSR count). The van der Waals surface area contributed by atoms with Crippen molar-refractivity contribution in [3.8, 4) is 11.6 Å². The van der Waals surface area contributed by atoms with E-state index in [-0.39, 0.29) is 68.4 Å². The van der Waals surface area contributed by atoms with Gasteiger partial charge in [-0.3, -0.25) is 24.0 Å². The molecule has 18 heteroatoms. The lowest BCUT2D eigenvalue weighted by Gasteiger charge is -2.35. The molecule has 2 saturated heterocycles. The van der Waals surface area contributed by atoms with Gasteiger partial charge in [0.2, 0.25) is 17.7 Å². The first-order chi connectivity index (χ1) is 24.4. The maximum absolute atomic E-state index is 14.3. The zero-order valence-electron chi connectivity index (χ0n) is 28.4. The zero-order valence-corrected chi connectivity index (χ0v) is 28.4. The minimum Gasteiger partial charge on any atom is -0.481 e. The van der Waals surface area contributed by atoms with Crippen LogP contribution in [0.2, 0.25) is 0 Å². The largest absolute Gasteiger partial charge is 0.481 e. The third-order valence-electron chi connectivity index (χ3n) is 9.07. The molecule has 276 valence electrons. The Morgan fingerprint density at radius 3 is 2.35 bits per heavy atom. The van der Waals surface area contributed by atoms with Crippen LogP contribution in [-0.2, 0) is 23.9 Å². The van der Waals surface area contributed by atoms with Gasteiger partial charge in [0.25, 0.3) is 11.8 Å². The van der Waals surface area contributed by atoms with E-state index < -0.39 is 66.5 Å². The number of nitrogens with one attached hydrogen (secondary N) is 1. The molecule has 1 aromatic carbocycles. The summed E-state index contributed by atoms with van der Waals surface area (Å²) >= 11 is 0. The van der Waals surface area contributed by atoms with Crippen LogP contribution in [0.4, 0.5) is 13.6 Å². The molecule has 0 bridgehead atoms. The number of likely N-dealkylation sites (N-methyl/N-ethyl adjacent to an activating group) is 1. The van der Waals surface area contributed by atoms with Gasteiger partial charge in [-0.1, -0.05) is 0 Å². The first-order valence-electron chi connectivity index (χ1n) is 16.9. The molecule has 3 fully saturated rings. The van der Waals surface area contributed by atoms with Crippen LogP contribution in [0.1, 0.15) is 55.9 Å². The Labute approximate surface area is 292 Å². The van der Waals surface area contributed by atoms with E-state index in [0.717, 1.165) is 35.7 Å². The monoisotopic (exact) mass is 717 g/mol. The number of benzene rings is 1. The van der Waals surface area contributed by atoms with Gasteiger partial charge in [-0.15, -0.1) is 0 Å². The van der Waals surface area contributed by atoms with Crippen molar-refractivity contribution in [1.82, 2.24) is 34.7 Å². The van der Waals surface area contributed by atoms with E-state index >= 15 is 0 Å². The number of aliphatic carboxylic acids is 1. The van der Waals surface area contributed by atoms with Crippen LogP contribution in [0.25, 0.3) is 5.69 Å². The summed E-state index contributed by atoms with van der Waals surface area (Å²) in [4.78, 5) is 82.8. The first kappa shape index (κ1) is 37.0. The number of nitrogens with zero attached hydrogens (tertiary/aromatic N) is 6. The normalized spacial score (nSPS) is 17.9. The fraction of sp³-hybridized carbons (Fsp3) is 0.545. The highest BCUT2D eigenvalue weighted by molar-refractivity contribution is 5.96. The summed E-state index contributed by atoms with van der Waals surface area (Å²) in [7, 11) is 1.72. The predicted molar refractivity (Wildman–Crippen MR) is 173 cm³/mol. The predicted octanol–water partition coefficient (Wildman–Crippen LogP) is 1.41. The zero-order chi connectivity index (χ0) is 36.8. The molecule has 51 heavy (non-hydrogen) atoms. The number of carbonyl (C=O) groups is 6. The topological polar surface area (TPSA) is 184 Å². The van der Waals surface area contributed by atoms with Gasteiger partial charge in [-0.25, -0.2) is 18.3 Å². The van der Waals surface area contributed by atoms with E-state index in [0.29, 0.717) is 19.4 Å². The third kappa shape index (κ3) is 8.90. The Balaban J connectivity index is 1.32. The highest BCUT2D eigenvalue weighted by Crippen LogP contribution is 2.29. The van der Waals surface area contributed by atoms with Gasteiger partial charge in [0.1, 0.15) is 12.1 Å². The van der Waals surface area contributed by atoms with Crippen molar-refractivity contribution in [2.75, 3.05) is 53.0 Å². The quantitative estimate of drug-likeness (QED) is 0.307. The minimum absolute atomic E-state index is 0.0475. The Morgan fingerprint density at radius 2 is 1.71 bits per heavy atom. The van der Waals surface area contributed by atoms with Crippen LogP contribution in [0.3, 0.4) is 0 Å². The van der Waals surface area contributed by atoms with E-state index in [1.807, 2.05) is 0 Å². The second kappa shape index (κ2) is 16.2. The molecule has 1 aliphatic carbocycles. The summed E-state index contributed by atoms with van der Waals surface area (Å²) in [5.41, 5.74) is -0.378. The number of aromatic nitrogens is 2. The number of rotatable bonds is 13. The number of amides is 5. The number of carboxylic acids is 1. The molecule has 1 aromatic heterocycles. The lowest BCUT2D eigenvalue weighted by atomic mass is 10.1. The molecule has 2 aromatic rings. The summed E-state index contributed by atoms with van der Waals surface area (Å²) in [6, 6.07) is 2.23. The van der Waals surface area contributed by atoms with Gasteiger partial charge in [0.15, 0.2) is 23.9 Å². The highest BCUT2D eigenvalue weighted by Gasteiger charge is 2.40. The van der Waals surface area contributed by atoms with Crippen molar-refractivity contribution in [2.45, 2.75) is 63.6 Å². The molecule has 0 radical (unpaired) electrons. The van der Waals surface area contributed by atoms with Gasteiger partial charge in [0, 0.05) is 64.4 Å². The first-order valence-corrected chi connectivity index (χ1v) is 16.9. The maximum atomic E-state index is 14.3. The van der Waals surface area contributed by atoms with Gasteiger partial charge in [-0.05, 0) is 51.2 Å². The number of halogens is 2. The molecular weight excluding hydrogens is 676 g/mol. The van der Waals surface area contributed by atoms with Crippen molar-refractivity contribution < 1.29 is 52.1 Å². The number of carbonyl (C=O) groups excluding carboxylic acids is 5. The van der Waals surface area contributed by atoms with E-state index in [1.165, 1.54) is 20.8 Å². The van der Waals surface area contributed by atoms with Crippen LogP contribution in [0.15, 0.2) is 24.3 Å². The molecule has 2 N–H and O–H groups in total. The van der Waals surface area contributed by atoms with Crippen molar-refractivity contribution in [2.24, 2.45) is 0 Å². The number of likely N-dealkylation sites (tertiary alicyclic amines) is 1. The number of carboxylic acid groups (broad SMARTS) is 1. The summed E-state index contributed by atoms with van der Waals surface area (Å²) in [5.74, 6) is -5.86. The number of hydrogen-bond acceptors (Lipinski definition) is 9. The average molecular weight is 718 g/mol. The molecule has 5 amide bonds. The van der Waals surface area contributed by atoms with Crippen LogP contribution in [0, 0.1) is 11.6 Å². The lowest BCUT2D eigenvalue weighted by molar-refractivity contribution is -0.144. The average Bonchev–Trinajstić information content (AvgIpc) is 3.69. The Hall–Kier alpha value is -5.29. The maximum Gasteiger partial charge on any atom is 0.409 e. The van der Waals surface area contributed by atoms with Gasteiger partial charge in [-0.2, -0.15) is 5.10 Å². The molecule has 1 saturated carbocycles. The second-order valence-electron chi connectivity index (χ2n) is 12.6. The molecule has 0 unspecified atom stereocenters. The number of ether oxygens (including phenoxy) is 2. The highest BCUT2D eigenvalue weighted by atomic mass is 19.2. The van der Waals surface area contributed by atoms with Crippen molar-refractivity contribution >= 4 is 35.7 Å². The van der Waals surface area contributed by atoms with E-state index in [1.54, 1.807) is 18.9 Å². The SMILES string of the molecule is CCOC(=O)N1CCN(C(=O)[C@H](CCC(=O)O)NC(=O)c2cc(OCC(=O)N3CCC[C@H]3C(=O)N(C)C3CC3)n(-c3ccc(F)c(F)c3)n2)CC1. The Kier molecular flexibility index (Phi) is 11.7. The summed E-state index contributed by atoms with van der Waals surface area (Å²) in [6.45, 7) is 2.22. The van der Waals surface area contributed by atoms with Crippen LogP contribution < -0.4 is 10.1 Å². The van der Waals surface area contributed by atoms with Crippen molar-refractivity contribution in [3.05, 3.63) is 41.6 Å². The van der Waals surface area contributed by atoms with E-state index in [4.69, 9.17) is 9.47 Å². The van der Waals surface area contributed by atoms with E-state index in [9.17, 15) is 42.7 Å². The molecule has 3 aliphatic rings. The smallest absolute Gasteiger partial charge is 0.409 e. The molecule has 16 nitrogen and oxygen atoms in total. The van der Waals surface area contributed by atoms with E-state index in [2.05, 4.69) is 10.4 Å². The second-order valence-corrected chi connectivity index (χ2v) is 12.6. The molecule has 2 atom stereocenters. The summed E-state index contributed by atoms with van der Waals surface area (Å²) in [6.07, 6.45) is 1.73. The lowest BCUT2D eigenvalue weighted by Crippen LogP contribution is -2.56. The number of piperazine rings is 1. The fourth-order valence-electron chi connectivity index (χ4n) is 6.10. The van der Waals surface area contributed by atoms with Crippen LogP contribution in [0.5, 0.6) is 5.88 Å². The Morgan fingerprint density at radius 1 is 1.00 bits per heavy atom. The third-order valence-corrected chi connectivity index (χ3v) is 9.07. The molecule has 2 aliphatic heterocycles. The van der Waals surface area contributed by atoms with Crippen LogP contribution >= 0.6 is 0 Å². The minimum atomic E-state index is -1.29. The molecular formula is C33H41F2N7O9. The van der Waals surface area contributed by atoms with Gasteiger partial charge in [0.05, 0.1) is 12.3 Å². The summed E-state index contributed by atoms with van der Waals surface area (Å²) in [5, 5.41) is 16.0. The van der Waals surface area contributed by atoms with Crippen LogP contribution in [-0.4, -0.2) is 141 Å². The van der Waals surface area contributed by atoms with Crippen molar-refractivity contribution in [1.29, 1.82) is 0 Å². The fourth-order valence-corrected chi connectivity index (χ4v) is 6.10. The van der Waals surface area contributed by atoms with Gasteiger partial charge < -0.3 is 39.5 Å². The van der Waals surface area contributed by atoms with Gasteiger partial charge >= 0.3 is 12.1 Å². The Bertz CT molecular complexity index is 1660.